The first-order valence-corrected chi connectivity index (χ1v) is 29.6. The lowest BCUT2D eigenvalue weighted by atomic mass is 9.67. The average molecular weight is 1170 g/mol. The number of unbranched alkanes of at least 4 members (excludes halogenated alkanes) is 9. The number of rotatable bonds is 30. The number of aliphatic hydroxyl groups excluding tert-OH is 1. The topological polar surface area (TPSA) is 128 Å². The third-order valence-electron chi connectivity index (χ3n) is 15.5. The van der Waals surface area contributed by atoms with Crippen LogP contribution in [-0.4, -0.2) is 80.1 Å². The van der Waals surface area contributed by atoms with Crippen LogP contribution in [0.2, 0.25) is 0 Å². The second-order valence-electron chi connectivity index (χ2n) is 24.2. The van der Waals surface area contributed by atoms with Crippen LogP contribution in [0.5, 0.6) is 0 Å². The molecule has 0 spiro atoms. The summed E-state index contributed by atoms with van der Waals surface area (Å²) < 4.78 is 111. The highest BCUT2D eigenvalue weighted by Crippen LogP contribution is 2.43. The van der Waals surface area contributed by atoms with E-state index in [0.717, 1.165) is 32.1 Å². The highest BCUT2D eigenvalue weighted by molar-refractivity contribution is 5.97. The molecule has 2 aliphatic rings. The van der Waals surface area contributed by atoms with Crippen molar-refractivity contribution in [3.8, 4) is 11.8 Å². The molecule has 0 bridgehead atoms. The lowest BCUT2D eigenvalue weighted by Crippen LogP contribution is -2.67. The van der Waals surface area contributed by atoms with Gasteiger partial charge in [-0.15, -0.1) is 0 Å². The molecule has 5 aromatic rings. The predicted molar refractivity (Wildman–Crippen MR) is 312 cm³/mol. The Morgan fingerprint density at radius 2 is 0.929 bits per heavy atom. The smallest absolute Gasteiger partial charge is 0.340 e. The highest BCUT2D eigenvalue weighted by atomic mass is 19.1. The molecule has 1 saturated carbocycles. The van der Waals surface area contributed by atoms with Crippen LogP contribution in [0.1, 0.15) is 156 Å². The van der Waals surface area contributed by atoms with Gasteiger partial charge in [-0.05, 0) is 94.1 Å². The van der Waals surface area contributed by atoms with Crippen molar-refractivity contribution in [2.24, 2.45) is 16.7 Å². The van der Waals surface area contributed by atoms with Crippen LogP contribution < -0.4 is 0 Å². The summed E-state index contributed by atoms with van der Waals surface area (Å²) in [5.74, 6) is 2.70. The third kappa shape index (κ3) is 18.5. The van der Waals surface area contributed by atoms with E-state index in [9.17, 15) is 32.3 Å². The Bertz CT molecular complexity index is 2770. The van der Waals surface area contributed by atoms with E-state index >= 15 is 0 Å². The van der Waals surface area contributed by atoms with Gasteiger partial charge in [0.15, 0.2) is 5.60 Å². The van der Waals surface area contributed by atoms with Crippen molar-refractivity contribution < 1.29 is 70.2 Å². The molecule has 11 nitrogen and oxygen atoms in total. The van der Waals surface area contributed by atoms with Crippen molar-refractivity contribution in [2.75, 3.05) is 26.4 Å². The molecule has 1 heterocycles. The maximum absolute atomic E-state index is 14.3. The fourth-order valence-electron chi connectivity index (χ4n) is 11.5. The Morgan fingerprint density at radius 1 is 0.548 bits per heavy atom. The molecule has 2 unspecified atom stereocenters. The van der Waals surface area contributed by atoms with Crippen LogP contribution in [0.3, 0.4) is 0 Å². The molecule has 1 aliphatic carbocycles. The molecule has 0 radical (unpaired) electrons. The molecule has 15 heteroatoms. The van der Waals surface area contributed by atoms with Gasteiger partial charge in [-0.2, -0.15) is 0 Å². The van der Waals surface area contributed by atoms with Gasteiger partial charge < -0.3 is 43.0 Å². The summed E-state index contributed by atoms with van der Waals surface area (Å²) in [7, 11) is 0. The first-order chi connectivity index (χ1) is 40.3. The Morgan fingerprint density at radius 3 is 1.32 bits per heavy atom. The quantitative estimate of drug-likeness (QED) is 0.0204. The molecule has 0 saturated heterocycles. The average Bonchev–Trinajstić information content (AvgIpc) is 1.86. The largest absolute Gasteiger partial charge is 0.461 e. The monoisotopic (exact) mass is 1160 g/mol. The summed E-state index contributed by atoms with van der Waals surface area (Å²) in [6, 6.07) is 28.6. The first kappa shape index (κ1) is 65.6. The van der Waals surface area contributed by atoms with E-state index in [2.05, 4.69) is 18.8 Å². The van der Waals surface area contributed by atoms with Crippen molar-refractivity contribution in [3.63, 3.8) is 0 Å². The number of carbonyl (C=O) groups excluding carboxylic acids is 2. The second-order valence-corrected chi connectivity index (χ2v) is 24.2. The molecule has 5 aromatic carbocycles. The Balaban J connectivity index is 1.25. The van der Waals surface area contributed by atoms with Gasteiger partial charge in [-0.1, -0.05) is 179 Å². The summed E-state index contributed by atoms with van der Waals surface area (Å²) in [6.45, 7) is 12.7. The molecule has 84 heavy (non-hydrogen) atoms. The summed E-state index contributed by atoms with van der Waals surface area (Å²) in [5.41, 5.74) is 0.629. The van der Waals surface area contributed by atoms with E-state index in [0.29, 0.717) is 34.4 Å². The van der Waals surface area contributed by atoms with Gasteiger partial charge >= 0.3 is 11.9 Å². The van der Waals surface area contributed by atoms with Crippen LogP contribution in [0.15, 0.2) is 115 Å². The maximum atomic E-state index is 14.3. The molecule has 7 rings (SSSR count). The van der Waals surface area contributed by atoms with Crippen molar-refractivity contribution in [2.45, 2.75) is 181 Å². The normalized spacial score (nSPS) is 20.6. The molecule has 454 valence electrons. The number of aliphatic hydroxyl groups is 1. The second kappa shape index (κ2) is 31.4. The van der Waals surface area contributed by atoms with E-state index < -0.39 is 107 Å². The summed E-state index contributed by atoms with van der Waals surface area (Å²) in [6.07, 6.45) is 4.99. The van der Waals surface area contributed by atoms with Gasteiger partial charge in [0, 0.05) is 17.7 Å². The zero-order valence-electron chi connectivity index (χ0n) is 49.8. The molecular formula is C69H84F4O11. The molecule has 1 aliphatic heterocycles. The Hall–Kier alpha value is -5.96. The van der Waals surface area contributed by atoms with Crippen LogP contribution in [0.4, 0.5) is 17.6 Å². The number of cyclic esters (lactones) is 1. The van der Waals surface area contributed by atoms with Gasteiger partial charge in [0.2, 0.25) is 0 Å². The van der Waals surface area contributed by atoms with Crippen LogP contribution in [0, 0.1) is 51.9 Å². The van der Waals surface area contributed by atoms with Crippen molar-refractivity contribution in [1.29, 1.82) is 0 Å². The Kier molecular flexibility index (Phi) is 24.5. The number of halogens is 4. The van der Waals surface area contributed by atoms with E-state index in [4.69, 9.17) is 37.9 Å². The number of benzene rings is 5. The molecule has 7 atom stereocenters. The number of hydrogen-bond donors (Lipinski definition) is 1. The third-order valence-corrected chi connectivity index (χ3v) is 15.5. The summed E-state index contributed by atoms with van der Waals surface area (Å²) >= 11 is 0. The number of ether oxygens (including phenoxy) is 8. The van der Waals surface area contributed by atoms with E-state index in [1.54, 1.807) is 66.7 Å². The zero-order chi connectivity index (χ0) is 60.3. The fourth-order valence-corrected chi connectivity index (χ4v) is 11.5. The van der Waals surface area contributed by atoms with Gasteiger partial charge in [-0.25, -0.2) is 22.4 Å². The number of esters is 2. The minimum atomic E-state index is -1.69. The van der Waals surface area contributed by atoms with E-state index in [-0.39, 0.29) is 44.2 Å². The molecular weight excluding hydrogens is 1080 g/mol. The van der Waals surface area contributed by atoms with Gasteiger partial charge in [0.05, 0.1) is 44.5 Å². The van der Waals surface area contributed by atoms with Crippen LogP contribution in [0.25, 0.3) is 0 Å². The standard InChI is InChI=1S/C69H84F4O11/c1-8-9-10-11-12-13-14-15-16-17-39-77-58-60(79-41-47-23-31-52(70)32-24-47)62(81-43-49-27-35-54(72)36-28-49)59(63(82-44-50-29-37-55(73)38-30-50)61(58)80-42-48-25-33-53(71)34-26-48)78-40-19-21-51-20-18-22-56-57(51)65(75)84-69(56,45-74)46-83-66(76)64(67(2,3)4)68(5,6)7/h18,20,22-38,58-64,74H,8-17,39-46H2,1-7H3/t58?,59?,60-,61+,62-,63+,69-/m1/s1. The molecule has 0 aromatic heterocycles. The fraction of sp³-hybridized carbons (Fsp3) is 0.507. The Labute approximate surface area is 494 Å². The van der Waals surface area contributed by atoms with E-state index in [1.165, 1.54) is 80.6 Å². The van der Waals surface area contributed by atoms with Crippen molar-refractivity contribution >= 4 is 11.9 Å². The first-order valence-electron chi connectivity index (χ1n) is 29.6. The van der Waals surface area contributed by atoms with Crippen molar-refractivity contribution in [1.82, 2.24) is 0 Å². The lowest BCUT2D eigenvalue weighted by Gasteiger charge is -2.49. The minimum absolute atomic E-state index is 0.0186. The minimum Gasteiger partial charge on any atom is -0.461 e. The number of fused-ring (bicyclic) bond motifs is 1. The van der Waals surface area contributed by atoms with Crippen molar-refractivity contribution in [3.05, 3.63) is 177 Å². The number of carbonyl (C=O) groups is 2. The molecule has 0 amide bonds. The molecule has 1 N–H and O–H groups in total. The van der Waals surface area contributed by atoms with Crippen LogP contribution >= 0.6 is 0 Å². The maximum Gasteiger partial charge on any atom is 0.340 e. The molecule has 1 fully saturated rings. The lowest BCUT2D eigenvalue weighted by molar-refractivity contribution is -0.287. The summed E-state index contributed by atoms with van der Waals surface area (Å²) in [5, 5.41) is 10.9. The number of hydrogen-bond acceptors (Lipinski definition) is 11. The van der Waals surface area contributed by atoms with E-state index in [1.807, 2.05) is 41.5 Å². The zero-order valence-corrected chi connectivity index (χ0v) is 49.8. The van der Waals surface area contributed by atoms with Crippen LogP contribution in [-0.2, 0) is 74.7 Å². The van der Waals surface area contributed by atoms with Gasteiger partial charge in [0.1, 0.15) is 73.1 Å². The summed E-state index contributed by atoms with van der Waals surface area (Å²) in [4.78, 5) is 27.6. The van der Waals surface area contributed by atoms with Gasteiger partial charge in [0.25, 0.3) is 0 Å². The predicted octanol–water partition coefficient (Wildman–Crippen LogP) is 14.3. The highest BCUT2D eigenvalue weighted by Gasteiger charge is 2.55. The van der Waals surface area contributed by atoms with Gasteiger partial charge in [-0.3, -0.25) is 4.79 Å². The SMILES string of the molecule is CCCCCCCCCCCCOC1[C@@H](OCc2ccc(F)cc2)[C@H](OCc2ccc(F)cc2)C(OCC#Cc2cccc3c2C(=O)O[C@]3(CO)COC(=O)C(C(C)(C)C)C(C)(C)C)[C@H](OCc2ccc(F)cc2)[C@H]1OCc1ccc(F)cc1.